The van der Waals surface area contributed by atoms with Crippen LogP contribution in [0, 0.1) is 19.8 Å². The summed E-state index contributed by atoms with van der Waals surface area (Å²) in [5.41, 5.74) is 3.44. The molecule has 0 aliphatic carbocycles. The lowest BCUT2D eigenvalue weighted by Gasteiger charge is -2.36. The van der Waals surface area contributed by atoms with Crippen molar-refractivity contribution in [2.45, 2.75) is 32.7 Å². The Bertz CT molecular complexity index is 698. The van der Waals surface area contributed by atoms with Crippen molar-refractivity contribution in [3.63, 3.8) is 0 Å². The van der Waals surface area contributed by atoms with Crippen LogP contribution in [-0.2, 0) is 4.79 Å². The van der Waals surface area contributed by atoms with E-state index in [0.717, 1.165) is 30.6 Å². The average molecular weight is 330 g/mol. The molecule has 0 spiro atoms. The largest absolute Gasteiger partial charge is 0.481 e. The number of rotatable bonds is 4. The van der Waals surface area contributed by atoms with Crippen molar-refractivity contribution in [2.24, 2.45) is 5.92 Å². The molecule has 0 saturated carbocycles. The summed E-state index contributed by atoms with van der Waals surface area (Å²) in [5.74, 6) is -0.968. The molecule has 5 heteroatoms. The minimum absolute atomic E-state index is 0.0528. The molecule has 0 amide bonds. The number of aliphatic carboxylic acids is 1. The second kappa shape index (κ2) is 6.81. The van der Waals surface area contributed by atoms with Gasteiger partial charge in [0.1, 0.15) is 0 Å². The fourth-order valence-electron chi connectivity index (χ4n) is 3.31. The van der Waals surface area contributed by atoms with Crippen LogP contribution in [0.3, 0.4) is 0 Å². The Kier molecular flexibility index (Phi) is 4.78. The second-order valence-corrected chi connectivity index (χ2v) is 7.25. The van der Waals surface area contributed by atoms with Crippen LogP contribution in [-0.4, -0.2) is 34.0 Å². The number of likely N-dealkylation sites (tertiary alicyclic amines) is 1. The first-order valence-electron chi connectivity index (χ1n) is 7.99. The van der Waals surface area contributed by atoms with Crippen molar-refractivity contribution in [1.29, 1.82) is 0 Å². The van der Waals surface area contributed by atoms with Crippen LogP contribution in [0.4, 0.5) is 0 Å². The molecular weight excluding hydrogens is 308 g/mol. The summed E-state index contributed by atoms with van der Waals surface area (Å²) in [7, 11) is 0. The van der Waals surface area contributed by atoms with Crippen molar-refractivity contribution in [1.82, 2.24) is 9.88 Å². The Balaban J connectivity index is 1.98. The monoisotopic (exact) mass is 330 g/mol. The van der Waals surface area contributed by atoms with Crippen LogP contribution in [0.5, 0.6) is 0 Å². The smallest absolute Gasteiger partial charge is 0.307 e. The van der Waals surface area contributed by atoms with Gasteiger partial charge in [-0.15, -0.1) is 11.3 Å². The first-order chi connectivity index (χ1) is 11.1. The van der Waals surface area contributed by atoms with E-state index in [2.05, 4.69) is 41.2 Å². The van der Waals surface area contributed by atoms with Gasteiger partial charge < -0.3 is 5.11 Å². The molecular formula is C18H22N2O2S. The van der Waals surface area contributed by atoms with Crippen molar-refractivity contribution < 1.29 is 9.90 Å². The van der Waals surface area contributed by atoms with Gasteiger partial charge in [0.25, 0.3) is 0 Å². The van der Waals surface area contributed by atoms with Crippen molar-refractivity contribution >= 4 is 17.3 Å². The lowest BCUT2D eigenvalue weighted by Crippen LogP contribution is -2.41. The quantitative estimate of drug-likeness (QED) is 0.930. The number of hydrogen-bond donors (Lipinski definition) is 1. The number of aromatic nitrogens is 1. The normalized spacial score (nSPS) is 20.3. The predicted octanol–water partition coefficient (Wildman–Crippen LogP) is 3.65. The lowest BCUT2D eigenvalue weighted by molar-refractivity contribution is -0.143. The van der Waals surface area contributed by atoms with E-state index < -0.39 is 5.97 Å². The van der Waals surface area contributed by atoms with Gasteiger partial charge in [-0.1, -0.05) is 6.07 Å². The fraction of sp³-hybridized carbons (Fsp3) is 0.444. The molecule has 122 valence electrons. The highest BCUT2D eigenvalue weighted by molar-refractivity contribution is 7.10. The maximum atomic E-state index is 11.4. The van der Waals surface area contributed by atoms with E-state index >= 15 is 0 Å². The molecule has 0 aromatic carbocycles. The van der Waals surface area contributed by atoms with Gasteiger partial charge in [-0.05, 0) is 61.9 Å². The first-order valence-corrected chi connectivity index (χ1v) is 8.87. The number of pyridine rings is 1. The summed E-state index contributed by atoms with van der Waals surface area (Å²) < 4.78 is 0. The van der Waals surface area contributed by atoms with Gasteiger partial charge in [0.15, 0.2) is 0 Å². The molecule has 23 heavy (non-hydrogen) atoms. The Labute approximate surface area is 140 Å². The molecule has 2 aromatic rings. The molecule has 0 bridgehead atoms. The molecule has 2 aromatic heterocycles. The van der Waals surface area contributed by atoms with Crippen LogP contribution in [0.1, 0.15) is 40.6 Å². The Morgan fingerprint density at radius 3 is 2.96 bits per heavy atom. The summed E-state index contributed by atoms with van der Waals surface area (Å²) in [6.07, 6.45) is 3.52. The molecule has 1 aliphatic rings. The maximum absolute atomic E-state index is 11.4. The van der Waals surface area contributed by atoms with Crippen LogP contribution in [0.2, 0.25) is 0 Å². The van der Waals surface area contributed by atoms with Gasteiger partial charge in [-0.25, -0.2) is 0 Å². The van der Waals surface area contributed by atoms with Crippen LogP contribution >= 0.6 is 11.3 Å². The second-order valence-electron chi connectivity index (χ2n) is 6.31. The zero-order chi connectivity index (χ0) is 16.4. The van der Waals surface area contributed by atoms with Crippen LogP contribution < -0.4 is 0 Å². The lowest BCUT2D eigenvalue weighted by atomic mass is 9.94. The topological polar surface area (TPSA) is 53.4 Å². The van der Waals surface area contributed by atoms with E-state index in [0.29, 0.717) is 6.54 Å². The number of carboxylic acid groups (broad SMARTS) is 1. The third-order valence-corrected chi connectivity index (χ3v) is 5.60. The zero-order valence-corrected chi connectivity index (χ0v) is 14.3. The molecule has 3 heterocycles. The fourth-order valence-corrected chi connectivity index (χ4v) is 4.34. The molecule has 1 aliphatic heterocycles. The van der Waals surface area contributed by atoms with E-state index in [1.54, 1.807) is 11.3 Å². The number of carboxylic acids is 1. The number of carbonyl (C=O) groups is 1. The average Bonchev–Trinajstić information content (AvgIpc) is 2.96. The van der Waals surface area contributed by atoms with Crippen molar-refractivity contribution in [3.05, 3.63) is 51.5 Å². The van der Waals surface area contributed by atoms with E-state index in [1.165, 1.54) is 10.4 Å². The Morgan fingerprint density at radius 1 is 1.48 bits per heavy atom. The van der Waals surface area contributed by atoms with Gasteiger partial charge in [0.2, 0.25) is 0 Å². The summed E-state index contributed by atoms with van der Waals surface area (Å²) in [5, 5.41) is 11.5. The molecule has 1 fully saturated rings. The maximum Gasteiger partial charge on any atom is 0.307 e. The number of thiophene rings is 1. The summed E-state index contributed by atoms with van der Waals surface area (Å²) in [4.78, 5) is 19.6. The van der Waals surface area contributed by atoms with E-state index in [9.17, 15) is 9.90 Å². The minimum Gasteiger partial charge on any atom is -0.481 e. The van der Waals surface area contributed by atoms with Crippen molar-refractivity contribution in [2.75, 3.05) is 13.1 Å². The third kappa shape index (κ3) is 3.46. The van der Waals surface area contributed by atoms with Gasteiger partial charge in [0.05, 0.1) is 17.7 Å². The SMILES string of the molecule is Cc1csc(C(c2ncccc2C)N2CCCC(C(=O)O)C2)c1. The zero-order valence-electron chi connectivity index (χ0n) is 13.5. The van der Waals surface area contributed by atoms with Crippen LogP contribution in [0.25, 0.3) is 0 Å². The highest BCUT2D eigenvalue weighted by atomic mass is 32.1. The predicted molar refractivity (Wildman–Crippen MR) is 91.8 cm³/mol. The standard InChI is InChI=1S/C18H22N2O2S/c1-12-9-15(23-11-12)17(16-13(2)5-3-7-19-16)20-8-4-6-14(10-20)18(21)22/h3,5,7,9,11,14,17H,4,6,8,10H2,1-2H3,(H,21,22). The molecule has 0 radical (unpaired) electrons. The van der Waals surface area contributed by atoms with Crippen LogP contribution in [0.15, 0.2) is 29.8 Å². The molecule has 1 saturated heterocycles. The van der Waals surface area contributed by atoms with Gasteiger partial charge >= 0.3 is 5.97 Å². The summed E-state index contributed by atoms with van der Waals surface area (Å²) >= 11 is 1.74. The first kappa shape index (κ1) is 16.1. The number of nitrogens with zero attached hydrogens (tertiary/aromatic N) is 2. The molecule has 2 unspecified atom stereocenters. The number of aryl methyl sites for hydroxylation is 2. The molecule has 1 N–H and O–H groups in total. The van der Waals surface area contributed by atoms with Gasteiger partial charge in [0, 0.05) is 17.6 Å². The van der Waals surface area contributed by atoms with E-state index in [-0.39, 0.29) is 12.0 Å². The highest BCUT2D eigenvalue weighted by Crippen LogP contribution is 2.36. The third-order valence-electron chi connectivity index (χ3n) is 4.50. The van der Waals surface area contributed by atoms with Gasteiger partial charge in [-0.3, -0.25) is 14.7 Å². The van der Waals surface area contributed by atoms with Gasteiger partial charge in [-0.2, -0.15) is 0 Å². The van der Waals surface area contributed by atoms with E-state index in [1.807, 2.05) is 12.3 Å². The Hall–Kier alpha value is -1.72. The molecule has 4 nitrogen and oxygen atoms in total. The molecule has 2 atom stereocenters. The number of piperidine rings is 1. The Morgan fingerprint density at radius 2 is 2.30 bits per heavy atom. The summed E-state index contributed by atoms with van der Waals surface area (Å²) in [6.45, 7) is 5.68. The minimum atomic E-state index is -0.687. The highest BCUT2D eigenvalue weighted by Gasteiger charge is 2.33. The van der Waals surface area contributed by atoms with Crippen molar-refractivity contribution in [3.8, 4) is 0 Å². The summed E-state index contributed by atoms with van der Waals surface area (Å²) in [6, 6.07) is 6.28. The molecule has 3 rings (SSSR count). The van der Waals surface area contributed by atoms with E-state index in [4.69, 9.17) is 0 Å². The number of hydrogen-bond acceptors (Lipinski definition) is 4.